The van der Waals surface area contributed by atoms with E-state index >= 15 is 0 Å². The average molecular weight is 446 g/mol. The minimum absolute atomic E-state index is 0.00698. The summed E-state index contributed by atoms with van der Waals surface area (Å²) in [5, 5.41) is 6.38. The number of carbonyl (C=O) groups is 1. The molecule has 0 atom stereocenters. The van der Waals surface area contributed by atoms with Gasteiger partial charge in [0.15, 0.2) is 5.17 Å². The summed E-state index contributed by atoms with van der Waals surface area (Å²) >= 11 is 12.7. The van der Waals surface area contributed by atoms with Gasteiger partial charge in [0.2, 0.25) is 5.91 Å². The molecule has 3 rings (SSSR count). The molecular formula is C16H13Cl2N3O4S2. The molecule has 142 valence electrons. The largest absolute Gasteiger partial charge is 0.495 e. The van der Waals surface area contributed by atoms with E-state index in [1.54, 1.807) is 30.3 Å². The van der Waals surface area contributed by atoms with Crippen LogP contribution in [0.15, 0.2) is 45.7 Å². The van der Waals surface area contributed by atoms with Crippen LogP contribution in [0.5, 0.6) is 5.75 Å². The molecule has 2 N–H and O–H groups in total. The standard InChI is InChI=1S/C16H13Cl2N3O4S2/c1-25-13-5-3-9(17)6-12(13)19-15(22)8-26-16-20-11-4-2-10(18)7-14(11)27(23,24)21-16/h2-7H,8H2,1H3,(H,19,22)(H,20,21). The average Bonchev–Trinajstić information content (AvgIpc) is 2.60. The molecule has 0 saturated heterocycles. The Labute approximate surface area is 170 Å². The van der Waals surface area contributed by atoms with Crippen molar-refractivity contribution in [2.24, 2.45) is 4.40 Å². The highest BCUT2D eigenvalue weighted by Crippen LogP contribution is 2.32. The molecule has 1 aliphatic rings. The fourth-order valence-corrected chi connectivity index (χ4v) is 4.74. The number of thioether (sulfide) groups is 1. The lowest BCUT2D eigenvalue weighted by atomic mass is 10.3. The van der Waals surface area contributed by atoms with Gasteiger partial charge < -0.3 is 15.4 Å². The second-order valence-corrected chi connectivity index (χ2v) is 8.73. The van der Waals surface area contributed by atoms with Crippen LogP contribution in [0.4, 0.5) is 11.4 Å². The van der Waals surface area contributed by atoms with Gasteiger partial charge in [0.25, 0.3) is 10.0 Å². The van der Waals surface area contributed by atoms with Gasteiger partial charge in [0, 0.05) is 10.0 Å². The van der Waals surface area contributed by atoms with Crippen LogP contribution in [0.2, 0.25) is 10.0 Å². The zero-order valence-corrected chi connectivity index (χ0v) is 17.0. The number of fused-ring (bicyclic) bond motifs is 1. The second kappa shape index (κ2) is 7.97. The minimum atomic E-state index is -3.89. The molecule has 0 aliphatic carbocycles. The van der Waals surface area contributed by atoms with E-state index in [-0.39, 0.29) is 21.7 Å². The van der Waals surface area contributed by atoms with Crippen molar-refractivity contribution in [3.63, 3.8) is 0 Å². The Bertz CT molecular complexity index is 1040. The van der Waals surface area contributed by atoms with E-state index in [4.69, 9.17) is 27.9 Å². The lowest BCUT2D eigenvalue weighted by Gasteiger charge is -2.17. The predicted molar refractivity (Wildman–Crippen MR) is 109 cm³/mol. The molecule has 0 spiro atoms. The van der Waals surface area contributed by atoms with Crippen molar-refractivity contribution in [2.45, 2.75) is 4.90 Å². The van der Waals surface area contributed by atoms with Gasteiger partial charge in [-0.05, 0) is 36.4 Å². The number of hydrogen-bond donors (Lipinski definition) is 2. The van der Waals surface area contributed by atoms with E-state index in [9.17, 15) is 13.2 Å². The first-order valence-electron chi connectivity index (χ1n) is 7.46. The smallest absolute Gasteiger partial charge is 0.286 e. The lowest BCUT2D eigenvalue weighted by Crippen LogP contribution is -2.22. The third kappa shape index (κ3) is 4.67. The number of amidine groups is 1. The first-order valence-corrected chi connectivity index (χ1v) is 10.6. The third-order valence-corrected chi connectivity index (χ3v) is 6.22. The molecule has 27 heavy (non-hydrogen) atoms. The first kappa shape index (κ1) is 19.8. The van der Waals surface area contributed by atoms with E-state index in [0.717, 1.165) is 11.8 Å². The van der Waals surface area contributed by atoms with Gasteiger partial charge in [-0.1, -0.05) is 35.0 Å². The molecule has 1 heterocycles. The van der Waals surface area contributed by atoms with Crippen LogP contribution >= 0.6 is 35.0 Å². The van der Waals surface area contributed by atoms with Crippen molar-refractivity contribution in [2.75, 3.05) is 23.5 Å². The Morgan fingerprint density at radius 1 is 1.22 bits per heavy atom. The Balaban J connectivity index is 1.69. The Morgan fingerprint density at radius 2 is 1.93 bits per heavy atom. The molecule has 0 unspecified atom stereocenters. The van der Waals surface area contributed by atoms with E-state index < -0.39 is 10.0 Å². The van der Waals surface area contributed by atoms with Gasteiger partial charge in [0.1, 0.15) is 10.6 Å². The summed E-state index contributed by atoms with van der Waals surface area (Å²) in [7, 11) is -2.41. The zero-order valence-electron chi connectivity index (χ0n) is 13.8. The number of sulfonamides is 1. The van der Waals surface area contributed by atoms with Crippen molar-refractivity contribution in [1.82, 2.24) is 0 Å². The summed E-state index contributed by atoms with van der Waals surface area (Å²) in [5.74, 6) is 0.0172. The molecule has 7 nitrogen and oxygen atoms in total. The number of halogens is 2. The highest BCUT2D eigenvalue weighted by atomic mass is 35.5. The number of nitrogens with zero attached hydrogens (tertiary/aromatic N) is 1. The van der Waals surface area contributed by atoms with Crippen LogP contribution in [-0.4, -0.2) is 32.4 Å². The van der Waals surface area contributed by atoms with E-state index in [2.05, 4.69) is 15.0 Å². The fraction of sp³-hybridized carbons (Fsp3) is 0.125. The number of nitrogens with one attached hydrogen (secondary N) is 2. The molecule has 0 bridgehead atoms. The Morgan fingerprint density at radius 3 is 2.67 bits per heavy atom. The summed E-state index contributed by atoms with van der Waals surface area (Å²) < 4.78 is 33.4. The van der Waals surface area contributed by atoms with E-state index in [1.807, 2.05) is 0 Å². The molecule has 2 aromatic carbocycles. The topological polar surface area (TPSA) is 96.9 Å². The van der Waals surface area contributed by atoms with Crippen molar-refractivity contribution in [3.05, 3.63) is 46.4 Å². The van der Waals surface area contributed by atoms with Crippen LogP contribution in [0, 0.1) is 0 Å². The van der Waals surface area contributed by atoms with Crippen molar-refractivity contribution >= 4 is 67.4 Å². The van der Waals surface area contributed by atoms with Crippen LogP contribution in [0.25, 0.3) is 0 Å². The molecule has 2 aromatic rings. The quantitative estimate of drug-likeness (QED) is 0.741. The first-order chi connectivity index (χ1) is 12.8. The molecule has 1 amide bonds. The molecule has 0 aromatic heterocycles. The highest BCUT2D eigenvalue weighted by molar-refractivity contribution is 8.15. The fourth-order valence-electron chi connectivity index (χ4n) is 2.27. The molecule has 0 saturated carbocycles. The van der Waals surface area contributed by atoms with E-state index in [1.165, 1.54) is 13.2 Å². The number of benzene rings is 2. The number of hydrogen-bond acceptors (Lipinski definition) is 6. The minimum Gasteiger partial charge on any atom is -0.495 e. The number of amides is 1. The summed E-state index contributed by atoms with van der Waals surface area (Å²) in [6.07, 6.45) is 0. The molecule has 11 heteroatoms. The number of ether oxygens (including phenoxy) is 1. The Kier molecular flexibility index (Phi) is 5.85. The van der Waals surface area contributed by atoms with Crippen molar-refractivity contribution < 1.29 is 17.9 Å². The van der Waals surface area contributed by atoms with Gasteiger partial charge in [0.05, 0.1) is 24.2 Å². The SMILES string of the molecule is COc1ccc(Cl)cc1NC(=O)CSC1=NS(=O)(=O)c2cc(Cl)ccc2N1. The van der Waals surface area contributed by atoms with Gasteiger partial charge >= 0.3 is 0 Å². The highest BCUT2D eigenvalue weighted by Gasteiger charge is 2.25. The van der Waals surface area contributed by atoms with Gasteiger partial charge in [-0.2, -0.15) is 8.42 Å². The number of rotatable bonds is 4. The van der Waals surface area contributed by atoms with Crippen LogP contribution in [0.1, 0.15) is 0 Å². The van der Waals surface area contributed by atoms with Gasteiger partial charge in [-0.15, -0.1) is 4.40 Å². The van der Waals surface area contributed by atoms with Crippen LogP contribution in [0.3, 0.4) is 0 Å². The van der Waals surface area contributed by atoms with Crippen molar-refractivity contribution in [3.8, 4) is 5.75 Å². The summed E-state index contributed by atoms with van der Waals surface area (Å²) in [6, 6.07) is 9.26. The van der Waals surface area contributed by atoms with Crippen LogP contribution in [-0.2, 0) is 14.8 Å². The number of carbonyl (C=O) groups excluding carboxylic acids is 1. The normalized spacial score (nSPS) is 14.6. The second-order valence-electron chi connectivity index (χ2n) is 5.32. The number of anilines is 2. The van der Waals surface area contributed by atoms with E-state index in [0.29, 0.717) is 27.2 Å². The van der Waals surface area contributed by atoms with Gasteiger partial charge in [-0.25, -0.2) is 0 Å². The maximum Gasteiger partial charge on any atom is 0.286 e. The summed E-state index contributed by atoms with van der Waals surface area (Å²) in [6.45, 7) is 0. The zero-order chi connectivity index (χ0) is 19.6. The lowest BCUT2D eigenvalue weighted by molar-refractivity contribution is -0.113. The maximum absolute atomic E-state index is 12.3. The molecular weight excluding hydrogens is 433 g/mol. The third-order valence-electron chi connectivity index (χ3n) is 3.44. The monoisotopic (exact) mass is 445 g/mol. The number of methoxy groups -OCH3 is 1. The summed E-state index contributed by atoms with van der Waals surface area (Å²) in [4.78, 5) is 12.2. The molecule has 1 aliphatic heterocycles. The van der Waals surface area contributed by atoms with Crippen LogP contribution < -0.4 is 15.4 Å². The predicted octanol–water partition coefficient (Wildman–Crippen LogP) is 3.84. The van der Waals surface area contributed by atoms with Crippen molar-refractivity contribution in [1.29, 1.82) is 0 Å². The molecule has 0 radical (unpaired) electrons. The molecule has 0 fully saturated rings. The maximum atomic E-state index is 12.3. The Hall–Kier alpha value is -1.94. The van der Waals surface area contributed by atoms with Gasteiger partial charge in [-0.3, -0.25) is 4.79 Å². The summed E-state index contributed by atoms with van der Waals surface area (Å²) in [5.41, 5.74) is 0.774.